The van der Waals surface area contributed by atoms with E-state index < -0.39 is 11.7 Å². The highest BCUT2D eigenvalue weighted by atomic mass is 16.6. The van der Waals surface area contributed by atoms with E-state index in [1.54, 1.807) is 0 Å². The number of carbonyl (C=O) groups is 2. The van der Waals surface area contributed by atoms with Crippen molar-refractivity contribution in [2.24, 2.45) is 52.3 Å². The van der Waals surface area contributed by atoms with Crippen LogP contribution in [0.3, 0.4) is 0 Å². The first-order chi connectivity index (χ1) is 15.6. The SMILES string of the molecule is C.C.C.C.CC(CC1C(C)C2CC(C(O)CC(=O)OC(C)(C)C)C1C2)C(=O)OC1CC2CCC1(C)C2(C)C. The molecular weight excluding hydrogens is 476 g/mol. The predicted octanol–water partition coefficient (Wildman–Crippen LogP) is 8.32. The summed E-state index contributed by atoms with van der Waals surface area (Å²) < 4.78 is 11.6. The van der Waals surface area contributed by atoms with Gasteiger partial charge >= 0.3 is 11.9 Å². The average molecular weight is 541 g/mol. The number of aliphatic hydroxyl groups excluding tert-OH is 1. The topological polar surface area (TPSA) is 72.8 Å². The number of fused-ring (bicyclic) bond motifs is 4. The van der Waals surface area contributed by atoms with Crippen LogP contribution in [-0.2, 0) is 19.1 Å². The van der Waals surface area contributed by atoms with Gasteiger partial charge in [0.05, 0.1) is 18.4 Å². The van der Waals surface area contributed by atoms with Crippen molar-refractivity contribution in [2.75, 3.05) is 0 Å². The normalized spacial score (nSPS) is 37.6. The van der Waals surface area contributed by atoms with Gasteiger partial charge in [0.25, 0.3) is 0 Å². The van der Waals surface area contributed by atoms with Crippen LogP contribution in [0.5, 0.6) is 0 Å². The van der Waals surface area contributed by atoms with E-state index in [0.717, 1.165) is 32.1 Å². The molecule has 4 aliphatic carbocycles. The summed E-state index contributed by atoms with van der Waals surface area (Å²) in [5.74, 6) is 2.14. The number of esters is 2. The molecule has 4 bridgehead atoms. The minimum absolute atomic E-state index is 0. The van der Waals surface area contributed by atoms with Crippen LogP contribution in [0.4, 0.5) is 0 Å². The predicted molar refractivity (Wildman–Crippen MR) is 159 cm³/mol. The molecule has 5 heteroatoms. The van der Waals surface area contributed by atoms with Crippen molar-refractivity contribution >= 4 is 11.9 Å². The largest absolute Gasteiger partial charge is 0.462 e. The van der Waals surface area contributed by atoms with Gasteiger partial charge in [-0.25, -0.2) is 0 Å². The summed E-state index contributed by atoms with van der Waals surface area (Å²) in [6.07, 6.45) is 5.72. The highest BCUT2D eigenvalue weighted by Crippen LogP contribution is 2.66. The molecule has 0 radical (unpaired) electrons. The van der Waals surface area contributed by atoms with Crippen molar-refractivity contribution in [3.05, 3.63) is 0 Å². The molecule has 38 heavy (non-hydrogen) atoms. The fraction of sp³-hybridized carbons (Fsp3) is 0.939. The Labute approximate surface area is 236 Å². The lowest BCUT2D eigenvalue weighted by molar-refractivity contribution is -0.162. The molecule has 0 aliphatic heterocycles. The van der Waals surface area contributed by atoms with Gasteiger partial charge < -0.3 is 14.6 Å². The maximum Gasteiger partial charge on any atom is 0.308 e. The minimum Gasteiger partial charge on any atom is -0.462 e. The lowest BCUT2D eigenvalue weighted by Gasteiger charge is -2.39. The molecule has 0 heterocycles. The monoisotopic (exact) mass is 540 g/mol. The molecule has 226 valence electrons. The summed E-state index contributed by atoms with van der Waals surface area (Å²) in [7, 11) is 0. The Morgan fingerprint density at radius 3 is 2.11 bits per heavy atom. The van der Waals surface area contributed by atoms with Gasteiger partial charge in [0, 0.05) is 5.41 Å². The third kappa shape index (κ3) is 6.44. The van der Waals surface area contributed by atoms with Crippen molar-refractivity contribution in [2.45, 2.75) is 148 Å². The number of ether oxygens (including phenoxy) is 2. The first-order valence-electron chi connectivity index (χ1n) is 13.7. The molecule has 5 nitrogen and oxygen atoms in total. The number of rotatable bonds is 7. The Morgan fingerprint density at radius 1 is 1.03 bits per heavy atom. The average Bonchev–Trinajstić information content (AvgIpc) is 3.37. The van der Waals surface area contributed by atoms with Gasteiger partial charge in [0.15, 0.2) is 0 Å². The van der Waals surface area contributed by atoms with Gasteiger partial charge in [-0.2, -0.15) is 0 Å². The van der Waals surface area contributed by atoms with Gasteiger partial charge in [0.1, 0.15) is 11.7 Å². The molecule has 10 unspecified atom stereocenters. The van der Waals surface area contributed by atoms with Crippen molar-refractivity contribution in [1.82, 2.24) is 0 Å². The fourth-order valence-electron chi connectivity index (χ4n) is 8.41. The lowest BCUT2D eigenvalue weighted by Crippen LogP contribution is -2.40. The molecule has 0 amide bonds. The molecule has 0 aromatic rings. The molecule has 4 rings (SSSR count). The van der Waals surface area contributed by atoms with Gasteiger partial charge in [0.2, 0.25) is 0 Å². The Bertz CT molecular complexity index is 798. The van der Waals surface area contributed by atoms with E-state index in [2.05, 4.69) is 27.7 Å². The molecule has 4 fully saturated rings. The van der Waals surface area contributed by atoms with Crippen molar-refractivity contribution < 1.29 is 24.2 Å². The Kier molecular flexibility index (Phi) is 12.2. The summed E-state index contributed by atoms with van der Waals surface area (Å²) >= 11 is 0. The maximum absolute atomic E-state index is 13.2. The molecule has 10 atom stereocenters. The standard InChI is InChI=1S/C29H48O5.4CH4/c1-16(26(32)33-24-14-19-9-10-29(24,8)28(19,6)7)11-20-17(2)18-12-21(20)22(13-18)23(30)15-25(31)34-27(3,4)5;;;;/h16-24,30H,9-15H2,1-8H3;4*1H4. The summed E-state index contributed by atoms with van der Waals surface area (Å²) in [5, 5.41) is 10.9. The van der Waals surface area contributed by atoms with Gasteiger partial charge in [-0.15, -0.1) is 0 Å². The van der Waals surface area contributed by atoms with Crippen molar-refractivity contribution in [3.8, 4) is 0 Å². The second-order valence-corrected chi connectivity index (χ2v) is 14.1. The van der Waals surface area contributed by atoms with Crippen LogP contribution in [0.15, 0.2) is 0 Å². The molecule has 0 aromatic carbocycles. The second kappa shape index (κ2) is 12.6. The van der Waals surface area contributed by atoms with Crippen molar-refractivity contribution in [1.29, 1.82) is 0 Å². The molecule has 4 saturated carbocycles. The fourth-order valence-corrected chi connectivity index (χ4v) is 8.41. The Morgan fingerprint density at radius 2 is 1.63 bits per heavy atom. The van der Waals surface area contributed by atoms with E-state index in [-0.39, 0.29) is 76.8 Å². The van der Waals surface area contributed by atoms with E-state index in [4.69, 9.17) is 9.47 Å². The number of hydrogen-bond donors (Lipinski definition) is 1. The van der Waals surface area contributed by atoms with E-state index in [1.165, 1.54) is 6.42 Å². The van der Waals surface area contributed by atoms with Gasteiger partial charge in [-0.3, -0.25) is 9.59 Å². The van der Waals surface area contributed by atoms with Gasteiger partial charge in [-0.1, -0.05) is 64.3 Å². The van der Waals surface area contributed by atoms with E-state index in [9.17, 15) is 14.7 Å². The van der Waals surface area contributed by atoms with Crippen LogP contribution in [0.25, 0.3) is 0 Å². The van der Waals surface area contributed by atoms with Crippen LogP contribution < -0.4 is 0 Å². The molecule has 0 saturated heterocycles. The lowest BCUT2D eigenvalue weighted by atomic mass is 9.69. The quantitative estimate of drug-likeness (QED) is 0.329. The number of hydrogen-bond acceptors (Lipinski definition) is 5. The Balaban J connectivity index is 0.00000342. The van der Waals surface area contributed by atoms with Crippen LogP contribution in [-0.4, -0.2) is 34.9 Å². The van der Waals surface area contributed by atoms with Gasteiger partial charge in [-0.05, 0) is 100 Å². The summed E-state index contributed by atoms with van der Waals surface area (Å²) in [4.78, 5) is 25.5. The van der Waals surface area contributed by atoms with Crippen LogP contribution in [0, 0.1) is 52.3 Å². The zero-order chi connectivity index (χ0) is 25.2. The molecule has 0 aromatic heterocycles. The first kappa shape index (κ1) is 36.9. The van der Waals surface area contributed by atoms with Crippen LogP contribution in [0.2, 0.25) is 0 Å². The minimum atomic E-state index is -0.668. The molecule has 0 spiro atoms. The summed E-state index contributed by atoms with van der Waals surface area (Å²) in [5.41, 5.74) is -0.217. The molecule has 1 N–H and O–H groups in total. The van der Waals surface area contributed by atoms with E-state index in [1.807, 2.05) is 27.7 Å². The van der Waals surface area contributed by atoms with E-state index >= 15 is 0 Å². The number of aliphatic hydroxyl groups is 1. The van der Waals surface area contributed by atoms with Crippen LogP contribution in [0.1, 0.15) is 130 Å². The third-order valence-electron chi connectivity index (χ3n) is 11.0. The third-order valence-corrected chi connectivity index (χ3v) is 11.0. The summed E-state index contributed by atoms with van der Waals surface area (Å²) in [6, 6.07) is 0. The molecular formula is C33H64O5. The van der Waals surface area contributed by atoms with Crippen molar-refractivity contribution in [3.63, 3.8) is 0 Å². The second-order valence-electron chi connectivity index (χ2n) is 14.1. The summed E-state index contributed by atoms with van der Waals surface area (Å²) in [6.45, 7) is 16.9. The first-order valence-corrected chi connectivity index (χ1v) is 13.7. The zero-order valence-corrected chi connectivity index (χ0v) is 22.7. The highest BCUT2D eigenvalue weighted by Gasteiger charge is 2.63. The Hall–Kier alpha value is -1.10. The van der Waals surface area contributed by atoms with E-state index in [0.29, 0.717) is 29.6 Å². The zero-order valence-electron chi connectivity index (χ0n) is 22.7. The van der Waals surface area contributed by atoms with Crippen LogP contribution >= 0.6 is 0 Å². The maximum atomic E-state index is 13.2. The highest BCUT2D eigenvalue weighted by molar-refractivity contribution is 5.72. The number of carbonyl (C=O) groups excluding carboxylic acids is 2. The molecule has 4 aliphatic rings. The smallest absolute Gasteiger partial charge is 0.308 e.